The Morgan fingerprint density at radius 1 is 1.30 bits per heavy atom. The fourth-order valence-electron chi connectivity index (χ4n) is 3.98. The minimum atomic E-state index is 0.152. The number of fused-ring (bicyclic) bond motifs is 1. The zero-order valence-electron chi connectivity index (χ0n) is 17.8. The van der Waals surface area contributed by atoms with Crippen molar-refractivity contribution in [2.24, 2.45) is 0 Å². The summed E-state index contributed by atoms with van der Waals surface area (Å²) in [6, 6.07) is 2.17. The first-order valence-corrected chi connectivity index (χ1v) is 10.3. The molecule has 1 aliphatic rings. The summed E-state index contributed by atoms with van der Waals surface area (Å²) < 4.78 is 7.34. The van der Waals surface area contributed by atoms with Crippen LogP contribution >= 0.6 is 0 Å². The Morgan fingerprint density at radius 2 is 2.13 bits per heavy atom. The van der Waals surface area contributed by atoms with E-state index in [0.717, 1.165) is 47.6 Å². The van der Waals surface area contributed by atoms with Crippen molar-refractivity contribution >= 4 is 22.9 Å². The number of methoxy groups -OCH3 is 1. The molecule has 1 fully saturated rings. The number of ether oxygens (including phenoxy) is 1. The van der Waals surface area contributed by atoms with Gasteiger partial charge in [-0.05, 0) is 26.3 Å². The minimum absolute atomic E-state index is 0.152. The monoisotopic (exact) mass is 409 g/mol. The van der Waals surface area contributed by atoms with Crippen molar-refractivity contribution in [3.05, 3.63) is 24.2 Å². The van der Waals surface area contributed by atoms with Gasteiger partial charge in [-0.3, -0.25) is 4.79 Å². The van der Waals surface area contributed by atoms with Crippen LogP contribution in [0.2, 0.25) is 0 Å². The molecule has 0 spiro atoms. The number of carbonyl (C=O) groups is 1. The lowest BCUT2D eigenvalue weighted by atomic mass is 10.2. The maximum Gasteiger partial charge on any atom is 0.222 e. The van der Waals surface area contributed by atoms with Gasteiger partial charge in [0.1, 0.15) is 12.2 Å². The summed E-state index contributed by atoms with van der Waals surface area (Å²) in [6.07, 6.45) is 4.75. The number of amides is 1. The molecular weight excluding hydrogens is 382 g/mol. The first kappa shape index (κ1) is 20.1. The van der Waals surface area contributed by atoms with Gasteiger partial charge < -0.3 is 19.5 Å². The molecule has 4 rings (SSSR count). The van der Waals surface area contributed by atoms with Crippen LogP contribution in [0.15, 0.2) is 18.6 Å². The van der Waals surface area contributed by atoms with Gasteiger partial charge in [-0.25, -0.2) is 19.9 Å². The van der Waals surface area contributed by atoms with E-state index in [1.54, 1.807) is 19.6 Å². The molecule has 0 aromatic carbocycles. The van der Waals surface area contributed by atoms with E-state index in [-0.39, 0.29) is 11.9 Å². The van der Waals surface area contributed by atoms with Crippen LogP contribution in [0.25, 0.3) is 22.6 Å². The number of aryl methyl sites for hydroxylation is 2. The van der Waals surface area contributed by atoms with Gasteiger partial charge in [-0.1, -0.05) is 6.92 Å². The van der Waals surface area contributed by atoms with E-state index in [0.29, 0.717) is 24.7 Å². The summed E-state index contributed by atoms with van der Waals surface area (Å²) in [4.78, 5) is 32.1. The molecule has 0 aliphatic carbocycles. The molecule has 9 nitrogen and oxygen atoms in total. The van der Waals surface area contributed by atoms with E-state index in [9.17, 15) is 4.79 Å². The molecule has 9 heteroatoms. The van der Waals surface area contributed by atoms with Crippen molar-refractivity contribution < 1.29 is 9.53 Å². The number of likely N-dealkylation sites (tertiary alicyclic amines) is 1. The van der Waals surface area contributed by atoms with Crippen LogP contribution in [-0.2, 0) is 11.3 Å². The molecule has 1 saturated heterocycles. The third-order valence-corrected chi connectivity index (χ3v) is 5.51. The first-order chi connectivity index (χ1) is 14.5. The molecular formula is C21H27N7O2. The standard InChI is InChI=1S/C21H27N7O2/c1-5-16(29)27-8-7-15(11-27)25-18-17-20(24-12-23-18)28(6-2)19(26-17)14-9-13(3)21(30-4)22-10-14/h9-10,12,15H,5-8,11H2,1-4H3,(H,23,24,25)/t15-/m0/s1. The summed E-state index contributed by atoms with van der Waals surface area (Å²) in [6.45, 7) is 8.09. The number of anilines is 1. The Morgan fingerprint density at radius 3 is 2.83 bits per heavy atom. The van der Waals surface area contributed by atoms with Crippen molar-refractivity contribution in [3.63, 3.8) is 0 Å². The van der Waals surface area contributed by atoms with E-state index in [4.69, 9.17) is 9.72 Å². The number of pyridine rings is 1. The SMILES string of the molecule is CCC(=O)N1CC[C@H](Nc2ncnc3c2nc(-c2cnc(OC)c(C)c2)n3CC)C1. The van der Waals surface area contributed by atoms with Crippen molar-refractivity contribution in [2.45, 2.75) is 46.2 Å². The minimum Gasteiger partial charge on any atom is -0.481 e. The summed E-state index contributed by atoms with van der Waals surface area (Å²) in [5.74, 6) is 2.28. The van der Waals surface area contributed by atoms with Crippen molar-refractivity contribution in [3.8, 4) is 17.3 Å². The van der Waals surface area contributed by atoms with Gasteiger partial charge in [0.25, 0.3) is 0 Å². The molecule has 4 heterocycles. The molecule has 3 aromatic rings. The Balaban J connectivity index is 1.68. The van der Waals surface area contributed by atoms with Crippen LogP contribution < -0.4 is 10.1 Å². The molecule has 1 N–H and O–H groups in total. The number of hydrogen-bond donors (Lipinski definition) is 1. The first-order valence-electron chi connectivity index (χ1n) is 10.3. The average molecular weight is 409 g/mol. The fraction of sp³-hybridized carbons (Fsp3) is 0.476. The molecule has 1 atom stereocenters. The van der Waals surface area contributed by atoms with Crippen molar-refractivity contribution in [1.82, 2.24) is 29.4 Å². The zero-order chi connectivity index (χ0) is 21.3. The Kier molecular flexibility index (Phi) is 5.52. The predicted octanol–water partition coefficient (Wildman–Crippen LogP) is 2.65. The maximum atomic E-state index is 12.0. The highest BCUT2D eigenvalue weighted by molar-refractivity contribution is 5.86. The van der Waals surface area contributed by atoms with Crippen LogP contribution in [0, 0.1) is 6.92 Å². The molecule has 158 valence electrons. The molecule has 0 bridgehead atoms. The van der Waals surface area contributed by atoms with E-state index in [1.165, 1.54) is 0 Å². The fourth-order valence-corrected chi connectivity index (χ4v) is 3.98. The second-order valence-electron chi connectivity index (χ2n) is 7.45. The van der Waals surface area contributed by atoms with Crippen LogP contribution in [0.1, 0.15) is 32.3 Å². The van der Waals surface area contributed by atoms with Crippen molar-refractivity contribution in [2.75, 3.05) is 25.5 Å². The number of nitrogens with one attached hydrogen (secondary N) is 1. The van der Waals surface area contributed by atoms with Gasteiger partial charge in [-0.2, -0.15) is 0 Å². The van der Waals surface area contributed by atoms with Gasteiger partial charge in [0.2, 0.25) is 11.8 Å². The average Bonchev–Trinajstić information content (AvgIpc) is 3.38. The molecule has 30 heavy (non-hydrogen) atoms. The van der Waals surface area contributed by atoms with E-state index >= 15 is 0 Å². The summed E-state index contributed by atoms with van der Waals surface area (Å²) >= 11 is 0. The lowest BCUT2D eigenvalue weighted by molar-refractivity contribution is -0.129. The Bertz CT molecular complexity index is 1080. The molecule has 0 saturated carbocycles. The van der Waals surface area contributed by atoms with Crippen LogP contribution in [-0.4, -0.2) is 61.6 Å². The molecule has 0 radical (unpaired) electrons. The van der Waals surface area contributed by atoms with Crippen LogP contribution in [0.3, 0.4) is 0 Å². The summed E-state index contributed by atoms with van der Waals surface area (Å²) in [5, 5.41) is 3.48. The third-order valence-electron chi connectivity index (χ3n) is 5.51. The Labute approximate surface area is 175 Å². The highest BCUT2D eigenvalue weighted by atomic mass is 16.5. The summed E-state index contributed by atoms with van der Waals surface area (Å²) in [7, 11) is 1.61. The van der Waals surface area contributed by atoms with Gasteiger partial charge in [0, 0.05) is 49.4 Å². The Hall–Kier alpha value is -3.23. The second-order valence-corrected chi connectivity index (χ2v) is 7.45. The number of carbonyl (C=O) groups excluding carboxylic acids is 1. The number of hydrogen-bond acceptors (Lipinski definition) is 7. The third kappa shape index (κ3) is 3.55. The second kappa shape index (κ2) is 8.25. The quantitative estimate of drug-likeness (QED) is 0.668. The van der Waals surface area contributed by atoms with Gasteiger partial charge in [-0.15, -0.1) is 0 Å². The van der Waals surface area contributed by atoms with Crippen LogP contribution in [0.4, 0.5) is 5.82 Å². The highest BCUT2D eigenvalue weighted by Crippen LogP contribution is 2.29. The maximum absolute atomic E-state index is 12.0. The van der Waals surface area contributed by atoms with Crippen LogP contribution in [0.5, 0.6) is 5.88 Å². The predicted molar refractivity (Wildman–Crippen MR) is 114 cm³/mol. The summed E-state index contributed by atoms with van der Waals surface area (Å²) in [5.41, 5.74) is 3.35. The van der Waals surface area contributed by atoms with Gasteiger partial charge in [0.05, 0.1) is 7.11 Å². The van der Waals surface area contributed by atoms with E-state index in [1.807, 2.05) is 24.8 Å². The zero-order valence-corrected chi connectivity index (χ0v) is 17.8. The van der Waals surface area contributed by atoms with Crippen molar-refractivity contribution in [1.29, 1.82) is 0 Å². The largest absolute Gasteiger partial charge is 0.481 e. The lowest BCUT2D eigenvalue weighted by Crippen LogP contribution is -2.31. The topological polar surface area (TPSA) is 98.1 Å². The molecule has 3 aromatic heterocycles. The lowest BCUT2D eigenvalue weighted by Gasteiger charge is -2.16. The van der Waals surface area contributed by atoms with Gasteiger partial charge >= 0.3 is 0 Å². The smallest absolute Gasteiger partial charge is 0.222 e. The molecule has 0 unspecified atom stereocenters. The van der Waals surface area contributed by atoms with E-state index in [2.05, 4.69) is 31.8 Å². The number of rotatable bonds is 6. The number of nitrogens with zero attached hydrogens (tertiary/aromatic N) is 6. The normalized spacial score (nSPS) is 16.3. The highest BCUT2D eigenvalue weighted by Gasteiger charge is 2.27. The molecule has 1 aliphatic heterocycles. The molecule has 1 amide bonds. The van der Waals surface area contributed by atoms with Gasteiger partial charge in [0.15, 0.2) is 17.0 Å². The number of aromatic nitrogens is 5. The van der Waals surface area contributed by atoms with E-state index < -0.39 is 0 Å². The number of imidazole rings is 1.